The number of carbonyl (C=O) groups is 1. The summed E-state index contributed by atoms with van der Waals surface area (Å²) in [6, 6.07) is 25.4. The maximum atomic E-state index is 12.4. The van der Waals surface area contributed by atoms with E-state index in [1.807, 2.05) is 66.7 Å². The van der Waals surface area contributed by atoms with Gasteiger partial charge >= 0.3 is 0 Å². The summed E-state index contributed by atoms with van der Waals surface area (Å²) in [6.07, 6.45) is 0.846. The van der Waals surface area contributed by atoms with Gasteiger partial charge in [0.05, 0.1) is 25.4 Å². The highest BCUT2D eigenvalue weighted by Gasteiger charge is 2.08. The summed E-state index contributed by atoms with van der Waals surface area (Å²) in [7, 11) is 0. The summed E-state index contributed by atoms with van der Waals surface area (Å²) in [5.41, 5.74) is 2.75. The van der Waals surface area contributed by atoms with E-state index in [1.165, 1.54) is 5.56 Å². The minimum absolute atomic E-state index is 0.143. The Labute approximate surface area is 184 Å². The molecule has 0 fully saturated rings. The van der Waals surface area contributed by atoms with Gasteiger partial charge in [0.2, 0.25) is 5.91 Å². The minimum Gasteiger partial charge on any atom is -0.493 e. The maximum absolute atomic E-state index is 12.4. The van der Waals surface area contributed by atoms with Crippen molar-refractivity contribution in [1.29, 1.82) is 0 Å². The lowest BCUT2D eigenvalue weighted by Gasteiger charge is -2.14. The Balaban J connectivity index is 1.48. The van der Waals surface area contributed by atoms with E-state index in [4.69, 9.17) is 9.47 Å². The third-order valence-electron chi connectivity index (χ3n) is 4.52. The van der Waals surface area contributed by atoms with Gasteiger partial charge in [-0.15, -0.1) is 0 Å². The van der Waals surface area contributed by atoms with E-state index in [1.54, 1.807) is 0 Å². The lowest BCUT2D eigenvalue weighted by atomic mass is 10.2. The van der Waals surface area contributed by atoms with Crippen LogP contribution in [0, 0.1) is 5.92 Å². The van der Waals surface area contributed by atoms with Gasteiger partial charge in [-0.2, -0.15) is 0 Å². The number of anilines is 2. The molecule has 3 rings (SSSR count). The van der Waals surface area contributed by atoms with Gasteiger partial charge < -0.3 is 20.1 Å². The summed E-state index contributed by atoms with van der Waals surface area (Å²) >= 11 is 0. The first kappa shape index (κ1) is 22.2. The van der Waals surface area contributed by atoms with Crippen LogP contribution in [0.2, 0.25) is 0 Å². The number of nitrogens with one attached hydrogen (secondary N) is 2. The summed E-state index contributed by atoms with van der Waals surface area (Å²) in [4.78, 5) is 12.4. The number of amides is 1. The highest BCUT2D eigenvalue weighted by Crippen LogP contribution is 2.24. The highest BCUT2D eigenvalue weighted by molar-refractivity contribution is 5.95. The Bertz CT molecular complexity index is 958. The van der Waals surface area contributed by atoms with Crippen LogP contribution in [0.25, 0.3) is 0 Å². The first-order chi connectivity index (χ1) is 15.1. The van der Waals surface area contributed by atoms with Crippen molar-refractivity contribution in [2.75, 3.05) is 30.4 Å². The zero-order valence-corrected chi connectivity index (χ0v) is 18.1. The van der Waals surface area contributed by atoms with Crippen LogP contribution in [0.4, 0.5) is 11.4 Å². The second-order valence-electron chi connectivity index (χ2n) is 7.71. The molecule has 1 amide bonds. The molecule has 0 aliphatic carbocycles. The fourth-order valence-corrected chi connectivity index (χ4v) is 2.96. The predicted molar refractivity (Wildman–Crippen MR) is 126 cm³/mol. The largest absolute Gasteiger partial charge is 0.493 e. The van der Waals surface area contributed by atoms with Crippen LogP contribution in [0.5, 0.6) is 11.5 Å². The molecule has 0 saturated carbocycles. The summed E-state index contributed by atoms with van der Waals surface area (Å²) in [6.45, 7) is 5.52. The molecule has 0 aliphatic rings. The summed E-state index contributed by atoms with van der Waals surface area (Å²) < 4.78 is 11.7. The smallest absolute Gasteiger partial charge is 0.243 e. The van der Waals surface area contributed by atoms with Gasteiger partial charge in [-0.05, 0) is 35.7 Å². The lowest BCUT2D eigenvalue weighted by Crippen LogP contribution is -2.22. The van der Waals surface area contributed by atoms with E-state index in [0.29, 0.717) is 30.6 Å². The number of hydrogen-bond acceptors (Lipinski definition) is 4. The van der Waals surface area contributed by atoms with Crippen LogP contribution in [-0.2, 0) is 11.2 Å². The fourth-order valence-electron chi connectivity index (χ4n) is 2.96. The number of carbonyl (C=O) groups excluding carboxylic acids is 1. The van der Waals surface area contributed by atoms with Crippen LogP contribution in [0.15, 0.2) is 78.9 Å². The van der Waals surface area contributed by atoms with Crippen LogP contribution in [0.3, 0.4) is 0 Å². The summed E-state index contributed by atoms with van der Waals surface area (Å²) in [5.74, 6) is 1.72. The zero-order chi connectivity index (χ0) is 21.9. The average Bonchev–Trinajstić information content (AvgIpc) is 2.78. The van der Waals surface area contributed by atoms with Crippen molar-refractivity contribution in [3.05, 3.63) is 84.4 Å². The normalized spacial score (nSPS) is 10.5. The van der Waals surface area contributed by atoms with Gasteiger partial charge in [-0.1, -0.05) is 62.4 Å². The van der Waals surface area contributed by atoms with Gasteiger partial charge in [-0.25, -0.2) is 0 Å². The van der Waals surface area contributed by atoms with Gasteiger partial charge in [0, 0.05) is 18.2 Å². The predicted octanol–water partition coefficient (Wildman–Crippen LogP) is 5.39. The molecule has 5 nitrogen and oxygen atoms in total. The molecule has 2 N–H and O–H groups in total. The molecule has 3 aromatic rings. The third kappa shape index (κ3) is 7.70. The molecule has 5 heteroatoms. The third-order valence-corrected chi connectivity index (χ3v) is 4.52. The Hall–Kier alpha value is -3.47. The average molecular weight is 419 g/mol. The van der Waals surface area contributed by atoms with Crippen molar-refractivity contribution in [2.45, 2.75) is 20.3 Å². The van der Waals surface area contributed by atoms with E-state index < -0.39 is 0 Å². The number of benzene rings is 3. The Morgan fingerprint density at radius 1 is 0.903 bits per heavy atom. The fraction of sp³-hybridized carbons (Fsp3) is 0.269. The highest BCUT2D eigenvalue weighted by atomic mass is 16.5. The van der Waals surface area contributed by atoms with Crippen LogP contribution in [0.1, 0.15) is 19.4 Å². The zero-order valence-electron chi connectivity index (χ0n) is 18.1. The molecule has 162 valence electrons. The van der Waals surface area contributed by atoms with Crippen LogP contribution < -0.4 is 20.1 Å². The molecule has 0 atom stereocenters. The molecule has 0 unspecified atom stereocenters. The number of rotatable bonds is 11. The Morgan fingerprint density at radius 2 is 1.68 bits per heavy atom. The van der Waals surface area contributed by atoms with Gasteiger partial charge in [-0.3, -0.25) is 4.79 Å². The Morgan fingerprint density at radius 3 is 2.48 bits per heavy atom. The molecule has 0 aliphatic heterocycles. The van der Waals surface area contributed by atoms with Crippen molar-refractivity contribution in [3.63, 3.8) is 0 Å². The topological polar surface area (TPSA) is 59.6 Å². The van der Waals surface area contributed by atoms with Crippen LogP contribution in [-0.4, -0.2) is 25.7 Å². The molecule has 0 bridgehead atoms. The van der Waals surface area contributed by atoms with Crippen molar-refractivity contribution in [1.82, 2.24) is 0 Å². The molecule has 0 heterocycles. The number of ether oxygens (including phenoxy) is 2. The van der Waals surface area contributed by atoms with Gasteiger partial charge in [0.15, 0.2) is 0 Å². The first-order valence-electron chi connectivity index (χ1n) is 10.6. The maximum Gasteiger partial charge on any atom is 0.243 e. The molecule has 0 aromatic heterocycles. The molecule has 31 heavy (non-hydrogen) atoms. The van der Waals surface area contributed by atoms with E-state index >= 15 is 0 Å². The van der Waals surface area contributed by atoms with Crippen molar-refractivity contribution in [2.24, 2.45) is 5.92 Å². The molecule has 0 spiro atoms. The SMILES string of the molecule is CC(C)COc1ccccc1NC(=O)CNc1cccc(OCCc2ccccc2)c1. The monoisotopic (exact) mass is 418 g/mol. The number of hydrogen-bond donors (Lipinski definition) is 2. The molecular formula is C26H30N2O3. The van der Waals surface area contributed by atoms with E-state index in [9.17, 15) is 4.79 Å². The quantitative estimate of drug-likeness (QED) is 0.438. The van der Waals surface area contributed by atoms with E-state index in [0.717, 1.165) is 17.9 Å². The van der Waals surface area contributed by atoms with Crippen LogP contribution >= 0.6 is 0 Å². The molecule has 3 aromatic carbocycles. The molecule has 0 radical (unpaired) electrons. The van der Waals surface area contributed by atoms with E-state index in [-0.39, 0.29) is 12.5 Å². The minimum atomic E-state index is -0.143. The second-order valence-corrected chi connectivity index (χ2v) is 7.71. The standard InChI is InChI=1S/C26H30N2O3/c1-20(2)19-31-25-14-7-6-13-24(25)28-26(29)18-27-22-11-8-12-23(17-22)30-16-15-21-9-4-3-5-10-21/h3-14,17,20,27H,15-16,18-19H2,1-2H3,(H,28,29). The lowest BCUT2D eigenvalue weighted by molar-refractivity contribution is -0.114. The van der Waals surface area contributed by atoms with Crippen molar-refractivity contribution >= 4 is 17.3 Å². The van der Waals surface area contributed by atoms with Gasteiger partial charge in [0.1, 0.15) is 11.5 Å². The molecular weight excluding hydrogens is 388 g/mol. The molecule has 0 saturated heterocycles. The summed E-state index contributed by atoms with van der Waals surface area (Å²) in [5, 5.41) is 6.06. The Kier molecular flexibility index (Phi) is 8.35. The van der Waals surface area contributed by atoms with E-state index in [2.05, 4.69) is 36.6 Å². The number of para-hydroxylation sites is 2. The van der Waals surface area contributed by atoms with Crippen molar-refractivity contribution in [3.8, 4) is 11.5 Å². The van der Waals surface area contributed by atoms with Gasteiger partial charge in [0.25, 0.3) is 0 Å². The second kappa shape index (κ2) is 11.6. The first-order valence-corrected chi connectivity index (χ1v) is 10.6. The van der Waals surface area contributed by atoms with Crippen molar-refractivity contribution < 1.29 is 14.3 Å².